The zero-order valence-electron chi connectivity index (χ0n) is 19.6. The first-order valence-corrected chi connectivity index (χ1v) is 11.1. The molecule has 0 radical (unpaired) electrons. The molecule has 2 aromatic carbocycles. The molecular weight excluding hydrogens is 432 g/mol. The average Bonchev–Trinajstić information content (AvgIpc) is 3.31. The summed E-state index contributed by atoms with van der Waals surface area (Å²) in [5.41, 5.74) is 2.51. The highest BCUT2D eigenvalue weighted by molar-refractivity contribution is 5.87. The lowest BCUT2D eigenvalue weighted by Gasteiger charge is -2.25. The number of rotatable bonds is 10. The molecule has 0 spiro atoms. The Labute approximate surface area is 199 Å². The molecule has 7 heteroatoms. The zero-order chi connectivity index (χ0) is 24.7. The van der Waals surface area contributed by atoms with Crippen molar-refractivity contribution in [3.05, 3.63) is 72.5 Å². The van der Waals surface area contributed by atoms with Gasteiger partial charge in [0.15, 0.2) is 0 Å². The molecule has 1 atom stereocenters. The van der Waals surface area contributed by atoms with E-state index in [2.05, 4.69) is 10.6 Å². The zero-order valence-corrected chi connectivity index (χ0v) is 19.6. The topological polar surface area (TPSA) is 109 Å². The number of benzene rings is 2. The molecule has 34 heavy (non-hydrogen) atoms. The summed E-state index contributed by atoms with van der Waals surface area (Å²) in [6.07, 6.45) is -0.168. The summed E-state index contributed by atoms with van der Waals surface area (Å²) in [5, 5.41) is 14.7. The smallest absolute Gasteiger partial charge is 0.304 e. The molecule has 0 aliphatic heterocycles. The predicted molar refractivity (Wildman–Crippen MR) is 130 cm³/mol. The predicted octanol–water partition coefficient (Wildman–Crippen LogP) is 4.45. The number of carboxylic acids is 1. The minimum atomic E-state index is -1.10. The van der Waals surface area contributed by atoms with E-state index in [1.807, 2.05) is 68.4 Å². The van der Waals surface area contributed by atoms with Crippen molar-refractivity contribution in [2.75, 3.05) is 13.6 Å². The molecule has 0 saturated heterocycles. The van der Waals surface area contributed by atoms with E-state index in [0.717, 1.165) is 16.7 Å². The number of aliphatic carboxylic acids is 1. The van der Waals surface area contributed by atoms with Crippen LogP contribution < -0.4 is 10.6 Å². The summed E-state index contributed by atoms with van der Waals surface area (Å²) in [7, 11) is 1.56. The quantitative estimate of drug-likeness (QED) is 0.412. The van der Waals surface area contributed by atoms with Crippen molar-refractivity contribution in [2.24, 2.45) is 5.41 Å². The summed E-state index contributed by atoms with van der Waals surface area (Å²) < 4.78 is 5.93. The molecule has 2 amide bonds. The average molecular weight is 463 g/mol. The van der Waals surface area contributed by atoms with Gasteiger partial charge in [-0.1, -0.05) is 68.4 Å². The normalized spacial score (nSPS) is 12.1. The Morgan fingerprint density at radius 1 is 0.912 bits per heavy atom. The number of amides is 2. The van der Waals surface area contributed by atoms with Crippen LogP contribution in [0.25, 0.3) is 22.5 Å². The number of hydrogen-bond acceptors (Lipinski definition) is 4. The van der Waals surface area contributed by atoms with Crippen molar-refractivity contribution in [1.82, 2.24) is 10.6 Å². The molecule has 1 aromatic heterocycles. The second-order valence-corrected chi connectivity index (χ2v) is 9.03. The third kappa shape index (κ3) is 6.57. The van der Waals surface area contributed by atoms with Crippen molar-refractivity contribution >= 4 is 17.8 Å². The van der Waals surface area contributed by atoms with E-state index in [4.69, 9.17) is 4.42 Å². The van der Waals surface area contributed by atoms with Gasteiger partial charge in [-0.15, -0.1) is 0 Å². The maximum Gasteiger partial charge on any atom is 0.304 e. The molecular formula is C27H30N2O5. The van der Waals surface area contributed by atoms with Crippen LogP contribution in [0.1, 0.15) is 38.4 Å². The van der Waals surface area contributed by atoms with Gasteiger partial charge in [-0.05, 0) is 28.7 Å². The lowest BCUT2D eigenvalue weighted by atomic mass is 9.88. The maximum absolute atomic E-state index is 12.9. The van der Waals surface area contributed by atoms with Gasteiger partial charge in [-0.3, -0.25) is 14.4 Å². The standard InChI is InChI=1S/C27H30N2O5/c1-27(2,16-24(30)28-3)17-29-26(33)21(15-25(31)32)23-14-13-22(34-23)20-11-9-19(10-12-20)18-7-5-4-6-8-18/h4-14,21H,15-17H2,1-3H3,(H,28,30)(H,29,33)(H,31,32). The van der Waals surface area contributed by atoms with Crippen LogP contribution in [0.2, 0.25) is 0 Å². The second-order valence-electron chi connectivity index (χ2n) is 9.03. The number of carbonyl (C=O) groups excluding carboxylic acids is 2. The van der Waals surface area contributed by atoms with Crippen LogP contribution in [0.4, 0.5) is 0 Å². The maximum atomic E-state index is 12.9. The third-order valence-corrected chi connectivity index (χ3v) is 5.60. The second kappa shape index (κ2) is 10.8. The van der Waals surface area contributed by atoms with Gasteiger partial charge in [0.2, 0.25) is 11.8 Å². The van der Waals surface area contributed by atoms with E-state index in [1.165, 1.54) is 0 Å². The van der Waals surface area contributed by atoms with E-state index < -0.39 is 29.6 Å². The summed E-state index contributed by atoms with van der Waals surface area (Å²) in [4.78, 5) is 36.0. The molecule has 3 N–H and O–H groups in total. The fraction of sp³-hybridized carbons (Fsp3) is 0.296. The lowest BCUT2D eigenvalue weighted by molar-refractivity contribution is -0.139. The van der Waals surface area contributed by atoms with Crippen LogP contribution in [0.3, 0.4) is 0 Å². The van der Waals surface area contributed by atoms with E-state index in [1.54, 1.807) is 19.2 Å². The first-order valence-electron chi connectivity index (χ1n) is 11.1. The number of carbonyl (C=O) groups is 3. The van der Waals surface area contributed by atoms with Gasteiger partial charge in [0.25, 0.3) is 0 Å². The Morgan fingerprint density at radius 3 is 2.15 bits per heavy atom. The van der Waals surface area contributed by atoms with Gasteiger partial charge in [0, 0.05) is 25.6 Å². The van der Waals surface area contributed by atoms with Gasteiger partial charge in [0.05, 0.1) is 6.42 Å². The summed E-state index contributed by atoms with van der Waals surface area (Å²) in [6, 6.07) is 21.2. The number of nitrogens with one attached hydrogen (secondary N) is 2. The SMILES string of the molecule is CNC(=O)CC(C)(C)CNC(=O)C(CC(=O)O)c1ccc(-c2ccc(-c3ccccc3)cc2)o1. The molecule has 0 aliphatic carbocycles. The molecule has 1 heterocycles. The molecule has 1 unspecified atom stereocenters. The Bertz CT molecular complexity index is 1130. The van der Waals surface area contributed by atoms with Crippen molar-refractivity contribution in [2.45, 2.75) is 32.6 Å². The summed E-state index contributed by atoms with van der Waals surface area (Å²) >= 11 is 0. The minimum absolute atomic E-state index is 0.129. The molecule has 0 fully saturated rings. The monoisotopic (exact) mass is 462 g/mol. The molecule has 3 rings (SSSR count). The van der Waals surface area contributed by atoms with Crippen molar-refractivity contribution < 1.29 is 23.9 Å². The van der Waals surface area contributed by atoms with Crippen molar-refractivity contribution in [3.8, 4) is 22.5 Å². The third-order valence-electron chi connectivity index (χ3n) is 5.60. The van der Waals surface area contributed by atoms with Gasteiger partial charge in [-0.25, -0.2) is 0 Å². The highest BCUT2D eigenvalue weighted by Crippen LogP contribution is 2.30. The number of furan rings is 1. The molecule has 178 valence electrons. The van der Waals surface area contributed by atoms with Crippen molar-refractivity contribution in [1.29, 1.82) is 0 Å². The lowest BCUT2D eigenvalue weighted by Crippen LogP contribution is -2.39. The van der Waals surface area contributed by atoms with Crippen LogP contribution in [0.15, 0.2) is 71.1 Å². The van der Waals surface area contributed by atoms with E-state index in [-0.39, 0.29) is 24.6 Å². The highest BCUT2D eigenvalue weighted by atomic mass is 16.4. The van der Waals surface area contributed by atoms with Gasteiger partial charge >= 0.3 is 5.97 Å². The Kier molecular flexibility index (Phi) is 7.89. The number of hydrogen-bond donors (Lipinski definition) is 3. The molecule has 0 saturated carbocycles. The summed E-state index contributed by atoms with van der Waals surface area (Å²) in [5.74, 6) is -1.83. The molecule has 7 nitrogen and oxygen atoms in total. The van der Waals surface area contributed by atoms with Crippen LogP contribution in [-0.2, 0) is 14.4 Å². The van der Waals surface area contributed by atoms with E-state index in [9.17, 15) is 19.5 Å². The van der Waals surface area contributed by atoms with E-state index in [0.29, 0.717) is 5.76 Å². The minimum Gasteiger partial charge on any atom is -0.481 e. The Morgan fingerprint density at radius 2 is 1.53 bits per heavy atom. The van der Waals surface area contributed by atoms with Gasteiger partial charge in [0.1, 0.15) is 17.4 Å². The van der Waals surface area contributed by atoms with Crippen LogP contribution in [0, 0.1) is 5.41 Å². The first-order chi connectivity index (χ1) is 16.2. The van der Waals surface area contributed by atoms with Crippen molar-refractivity contribution in [3.63, 3.8) is 0 Å². The summed E-state index contributed by atoms with van der Waals surface area (Å²) in [6.45, 7) is 3.95. The largest absolute Gasteiger partial charge is 0.481 e. The van der Waals surface area contributed by atoms with Gasteiger partial charge < -0.3 is 20.2 Å². The fourth-order valence-corrected chi connectivity index (χ4v) is 3.69. The Hall–Kier alpha value is -3.87. The van der Waals surface area contributed by atoms with Crippen LogP contribution >= 0.6 is 0 Å². The molecule has 0 bridgehead atoms. The molecule has 3 aromatic rings. The van der Waals surface area contributed by atoms with E-state index >= 15 is 0 Å². The number of carboxylic acid groups (broad SMARTS) is 1. The Balaban J connectivity index is 1.74. The first kappa shape index (κ1) is 24.8. The van der Waals surface area contributed by atoms with Crippen LogP contribution in [0.5, 0.6) is 0 Å². The molecule has 0 aliphatic rings. The highest BCUT2D eigenvalue weighted by Gasteiger charge is 2.29. The van der Waals surface area contributed by atoms with Crippen LogP contribution in [-0.4, -0.2) is 36.5 Å². The van der Waals surface area contributed by atoms with Gasteiger partial charge in [-0.2, -0.15) is 0 Å². The fourth-order valence-electron chi connectivity index (χ4n) is 3.69.